The van der Waals surface area contributed by atoms with Gasteiger partial charge in [0.15, 0.2) is 0 Å². The van der Waals surface area contributed by atoms with E-state index in [1.165, 1.54) is 12.1 Å². The third-order valence-electron chi connectivity index (χ3n) is 3.78. The van der Waals surface area contributed by atoms with E-state index >= 15 is 0 Å². The number of aromatic nitrogens is 2. The zero-order chi connectivity index (χ0) is 17.1. The van der Waals surface area contributed by atoms with Gasteiger partial charge in [0.05, 0.1) is 16.8 Å². The Labute approximate surface area is 135 Å². The molecule has 0 atom stereocenters. The van der Waals surface area contributed by atoms with E-state index in [4.69, 9.17) is 5.11 Å². The molecule has 2 aromatic rings. The van der Waals surface area contributed by atoms with Crippen LogP contribution in [0.4, 0.5) is 5.69 Å². The number of carboxylic acid groups (broad SMARTS) is 1. The predicted molar refractivity (Wildman–Crippen MR) is 88.1 cm³/mol. The van der Waals surface area contributed by atoms with Crippen LogP contribution in [-0.4, -0.2) is 26.8 Å². The van der Waals surface area contributed by atoms with Crippen LogP contribution in [0, 0.1) is 20.8 Å². The molecule has 0 spiro atoms. The number of benzene rings is 1. The summed E-state index contributed by atoms with van der Waals surface area (Å²) in [6.45, 7) is 8.30. The minimum Gasteiger partial charge on any atom is -0.478 e. The lowest BCUT2D eigenvalue weighted by Gasteiger charge is -2.10. The molecular formula is C17H21N3O3. The molecule has 6 nitrogen and oxygen atoms in total. The number of amides is 1. The summed E-state index contributed by atoms with van der Waals surface area (Å²) in [4.78, 5) is 23.7. The van der Waals surface area contributed by atoms with Gasteiger partial charge in [0.25, 0.3) is 5.91 Å². The smallest absolute Gasteiger partial charge is 0.335 e. The van der Waals surface area contributed by atoms with E-state index in [0.29, 0.717) is 16.9 Å². The van der Waals surface area contributed by atoms with Crippen molar-refractivity contribution < 1.29 is 14.7 Å². The first-order valence-corrected chi connectivity index (χ1v) is 7.54. The molecule has 0 unspecified atom stereocenters. The van der Waals surface area contributed by atoms with Crippen molar-refractivity contribution >= 4 is 17.6 Å². The molecule has 0 aliphatic carbocycles. The molecule has 1 amide bonds. The third-order valence-corrected chi connectivity index (χ3v) is 3.78. The van der Waals surface area contributed by atoms with Crippen LogP contribution in [0.3, 0.4) is 0 Å². The van der Waals surface area contributed by atoms with Gasteiger partial charge in [-0.1, -0.05) is 13.0 Å². The topological polar surface area (TPSA) is 84.2 Å². The first kappa shape index (κ1) is 16.7. The second kappa shape index (κ2) is 6.64. The minimum atomic E-state index is -1.02. The van der Waals surface area contributed by atoms with Crippen LogP contribution in [0.25, 0.3) is 0 Å². The Morgan fingerprint density at radius 3 is 2.57 bits per heavy atom. The summed E-state index contributed by atoms with van der Waals surface area (Å²) in [7, 11) is 0. The molecule has 0 aliphatic rings. The SMILES string of the molecule is CCCn1nc(C)c(C(=O)Nc2cc(C(=O)O)ccc2C)c1C. The van der Waals surface area contributed by atoms with E-state index < -0.39 is 5.97 Å². The number of anilines is 1. The zero-order valence-electron chi connectivity index (χ0n) is 13.8. The fourth-order valence-corrected chi connectivity index (χ4v) is 2.53. The van der Waals surface area contributed by atoms with Crippen LogP contribution >= 0.6 is 0 Å². The van der Waals surface area contributed by atoms with Crippen molar-refractivity contribution in [3.8, 4) is 0 Å². The van der Waals surface area contributed by atoms with E-state index in [1.807, 2.05) is 18.5 Å². The molecule has 0 radical (unpaired) electrons. The molecule has 0 fully saturated rings. The highest BCUT2D eigenvalue weighted by Crippen LogP contribution is 2.20. The largest absolute Gasteiger partial charge is 0.478 e. The van der Waals surface area contributed by atoms with Crippen molar-refractivity contribution in [1.29, 1.82) is 0 Å². The first-order chi connectivity index (χ1) is 10.8. The van der Waals surface area contributed by atoms with Crippen molar-refractivity contribution in [3.63, 3.8) is 0 Å². The second-order valence-electron chi connectivity index (χ2n) is 5.56. The number of carboxylic acids is 1. The highest BCUT2D eigenvalue weighted by atomic mass is 16.4. The Bertz CT molecular complexity index is 763. The molecule has 1 aromatic carbocycles. The number of nitrogens with one attached hydrogen (secondary N) is 1. The standard InChI is InChI=1S/C17H21N3O3/c1-5-8-20-12(4)15(11(3)19-20)16(21)18-14-9-13(17(22)23)7-6-10(14)2/h6-7,9H,5,8H2,1-4H3,(H,18,21)(H,22,23). The fraction of sp³-hybridized carbons (Fsp3) is 0.353. The fourth-order valence-electron chi connectivity index (χ4n) is 2.53. The molecule has 0 aliphatic heterocycles. The lowest BCUT2D eigenvalue weighted by atomic mass is 10.1. The third kappa shape index (κ3) is 3.41. The van der Waals surface area contributed by atoms with Gasteiger partial charge in [-0.05, 0) is 44.9 Å². The van der Waals surface area contributed by atoms with Crippen molar-refractivity contribution in [2.45, 2.75) is 40.7 Å². The Kier molecular flexibility index (Phi) is 4.83. The maximum Gasteiger partial charge on any atom is 0.335 e. The summed E-state index contributed by atoms with van der Waals surface area (Å²) in [5.41, 5.74) is 3.46. The van der Waals surface area contributed by atoms with E-state index in [9.17, 15) is 9.59 Å². The summed E-state index contributed by atoms with van der Waals surface area (Å²) in [5.74, 6) is -1.29. The summed E-state index contributed by atoms with van der Waals surface area (Å²) >= 11 is 0. The van der Waals surface area contributed by atoms with Gasteiger partial charge in [-0.25, -0.2) is 4.79 Å². The number of aryl methyl sites for hydroxylation is 3. The van der Waals surface area contributed by atoms with Crippen LogP contribution in [0.1, 0.15) is 51.0 Å². The van der Waals surface area contributed by atoms with Gasteiger partial charge in [0.1, 0.15) is 0 Å². The number of hydrogen-bond acceptors (Lipinski definition) is 3. The van der Waals surface area contributed by atoms with Crippen molar-refractivity contribution in [2.24, 2.45) is 0 Å². The van der Waals surface area contributed by atoms with Crippen LogP contribution < -0.4 is 5.32 Å². The molecule has 122 valence electrons. The van der Waals surface area contributed by atoms with Gasteiger partial charge < -0.3 is 10.4 Å². The Morgan fingerprint density at radius 2 is 1.96 bits per heavy atom. The zero-order valence-corrected chi connectivity index (χ0v) is 13.8. The number of aromatic carboxylic acids is 1. The van der Waals surface area contributed by atoms with E-state index in [0.717, 1.165) is 24.2 Å². The monoisotopic (exact) mass is 315 g/mol. The number of carbonyl (C=O) groups is 2. The molecule has 6 heteroatoms. The number of nitrogens with zero attached hydrogens (tertiary/aromatic N) is 2. The summed E-state index contributed by atoms with van der Waals surface area (Å²) in [6, 6.07) is 4.67. The lowest BCUT2D eigenvalue weighted by molar-refractivity contribution is 0.0696. The average Bonchev–Trinajstić information content (AvgIpc) is 2.76. The Balaban J connectivity index is 2.33. The minimum absolute atomic E-state index is 0.140. The highest BCUT2D eigenvalue weighted by Gasteiger charge is 2.19. The molecule has 0 bridgehead atoms. The normalized spacial score (nSPS) is 10.6. The number of hydrogen-bond donors (Lipinski definition) is 2. The van der Waals surface area contributed by atoms with Crippen LogP contribution in [0.2, 0.25) is 0 Å². The second-order valence-corrected chi connectivity index (χ2v) is 5.56. The van der Waals surface area contributed by atoms with E-state index in [2.05, 4.69) is 17.3 Å². The maximum absolute atomic E-state index is 12.6. The van der Waals surface area contributed by atoms with Gasteiger partial charge in [0, 0.05) is 17.9 Å². The average molecular weight is 315 g/mol. The molecule has 2 N–H and O–H groups in total. The molecule has 1 heterocycles. The summed E-state index contributed by atoms with van der Waals surface area (Å²) in [5, 5.41) is 16.3. The quantitative estimate of drug-likeness (QED) is 0.887. The predicted octanol–water partition coefficient (Wildman–Crippen LogP) is 3.17. The molecule has 1 aromatic heterocycles. The Hall–Kier alpha value is -2.63. The van der Waals surface area contributed by atoms with Gasteiger partial charge in [-0.2, -0.15) is 5.10 Å². The molecule has 23 heavy (non-hydrogen) atoms. The maximum atomic E-state index is 12.6. The summed E-state index contributed by atoms with van der Waals surface area (Å²) < 4.78 is 1.82. The lowest BCUT2D eigenvalue weighted by Crippen LogP contribution is -2.15. The molecular weight excluding hydrogens is 294 g/mol. The molecule has 0 saturated heterocycles. The van der Waals surface area contributed by atoms with Gasteiger partial charge in [-0.3, -0.25) is 9.48 Å². The van der Waals surface area contributed by atoms with Gasteiger partial charge >= 0.3 is 5.97 Å². The van der Waals surface area contributed by atoms with Crippen molar-refractivity contribution in [1.82, 2.24) is 9.78 Å². The van der Waals surface area contributed by atoms with Gasteiger partial charge in [0.2, 0.25) is 0 Å². The Morgan fingerprint density at radius 1 is 1.26 bits per heavy atom. The number of rotatable bonds is 5. The van der Waals surface area contributed by atoms with Crippen molar-refractivity contribution in [3.05, 3.63) is 46.3 Å². The molecule has 0 saturated carbocycles. The number of carbonyl (C=O) groups excluding carboxylic acids is 1. The summed E-state index contributed by atoms with van der Waals surface area (Å²) in [6.07, 6.45) is 0.933. The first-order valence-electron chi connectivity index (χ1n) is 7.54. The van der Waals surface area contributed by atoms with Crippen LogP contribution in [0.15, 0.2) is 18.2 Å². The van der Waals surface area contributed by atoms with Crippen LogP contribution in [0.5, 0.6) is 0 Å². The highest BCUT2D eigenvalue weighted by molar-refractivity contribution is 6.06. The van der Waals surface area contributed by atoms with E-state index in [1.54, 1.807) is 13.0 Å². The van der Waals surface area contributed by atoms with E-state index in [-0.39, 0.29) is 11.5 Å². The van der Waals surface area contributed by atoms with Crippen LogP contribution in [-0.2, 0) is 6.54 Å². The van der Waals surface area contributed by atoms with Gasteiger partial charge in [-0.15, -0.1) is 0 Å². The molecule has 2 rings (SSSR count). The van der Waals surface area contributed by atoms with Crippen molar-refractivity contribution in [2.75, 3.05) is 5.32 Å².